The van der Waals surface area contributed by atoms with E-state index in [0.717, 1.165) is 29.9 Å². The molecule has 0 spiro atoms. The molecule has 2 aromatic rings. The summed E-state index contributed by atoms with van der Waals surface area (Å²) in [5.74, 6) is -3.56. The average Bonchev–Trinajstić information content (AvgIpc) is 3.18. The molecule has 1 saturated heterocycles. The molecule has 0 aliphatic carbocycles. The maximum Gasteiger partial charge on any atom is 0.313 e. The molecule has 0 unspecified atom stereocenters. The third kappa shape index (κ3) is 4.08. The number of carbonyl (C=O) groups is 2. The minimum atomic E-state index is -0.996. The number of benzene rings is 1. The van der Waals surface area contributed by atoms with E-state index in [2.05, 4.69) is 10.6 Å². The van der Waals surface area contributed by atoms with Crippen LogP contribution in [0.25, 0.3) is 0 Å². The van der Waals surface area contributed by atoms with Crippen LogP contribution < -0.4 is 10.6 Å². The Hall–Kier alpha value is -2.32. The van der Waals surface area contributed by atoms with Crippen molar-refractivity contribution in [2.24, 2.45) is 0 Å². The maximum atomic E-state index is 13.6. The minimum Gasteiger partial charge on any atom is -0.381 e. The van der Waals surface area contributed by atoms with E-state index in [1.54, 1.807) is 11.3 Å². The second-order valence-electron chi connectivity index (χ2n) is 6.13. The molecule has 138 valence electrons. The Labute approximate surface area is 153 Å². The fourth-order valence-electron chi connectivity index (χ4n) is 2.95. The number of hydrogen-bond donors (Lipinski definition) is 2. The Morgan fingerprint density at radius 3 is 2.58 bits per heavy atom. The van der Waals surface area contributed by atoms with Gasteiger partial charge >= 0.3 is 11.8 Å². The lowest BCUT2D eigenvalue weighted by molar-refractivity contribution is -0.136. The van der Waals surface area contributed by atoms with Gasteiger partial charge in [0.15, 0.2) is 0 Å². The summed E-state index contributed by atoms with van der Waals surface area (Å²) in [6.07, 6.45) is 1.48. The van der Waals surface area contributed by atoms with Crippen LogP contribution in [0.15, 0.2) is 35.7 Å². The second kappa shape index (κ2) is 7.92. The van der Waals surface area contributed by atoms with Crippen LogP contribution in [-0.4, -0.2) is 31.6 Å². The number of nitrogens with one attached hydrogen (secondary N) is 2. The Morgan fingerprint density at radius 2 is 1.92 bits per heavy atom. The number of amides is 2. The van der Waals surface area contributed by atoms with Crippen LogP contribution in [0.4, 0.5) is 14.5 Å². The summed E-state index contributed by atoms with van der Waals surface area (Å²) in [6, 6.07) is 6.67. The van der Waals surface area contributed by atoms with Crippen molar-refractivity contribution in [3.05, 3.63) is 52.2 Å². The van der Waals surface area contributed by atoms with E-state index >= 15 is 0 Å². The molecule has 3 rings (SSSR count). The Kier molecular flexibility index (Phi) is 5.63. The molecule has 2 amide bonds. The maximum absolute atomic E-state index is 13.6. The molecule has 1 aromatic carbocycles. The molecule has 26 heavy (non-hydrogen) atoms. The highest BCUT2D eigenvalue weighted by atomic mass is 32.1. The van der Waals surface area contributed by atoms with Crippen molar-refractivity contribution < 1.29 is 23.1 Å². The van der Waals surface area contributed by atoms with Crippen molar-refractivity contribution in [1.29, 1.82) is 0 Å². The van der Waals surface area contributed by atoms with E-state index in [4.69, 9.17) is 4.74 Å². The van der Waals surface area contributed by atoms with Crippen molar-refractivity contribution in [3.8, 4) is 0 Å². The normalized spacial score (nSPS) is 16.1. The van der Waals surface area contributed by atoms with Gasteiger partial charge in [-0.25, -0.2) is 8.78 Å². The lowest BCUT2D eigenvalue weighted by Gasteiger charge is -2.36. The molecule has 1 aromatic heterocycles. The van der Waals surface area contributed by atoms with Crippen LogP contribution in [0.1, 0.15) is 17.7 Å². The SMILES string of the molecule is O=C(NCC1(c2cccs2)CCOCC1)C(=O)Nc1ccc(F)cc1F. The van der Waals surface area contributed by atoms with Gasteiger partial charge in [0.2, 0.25) is 0 Å². The summed E-state index contributed by atoms with van der Waals surface area (Å²) in [7, 11) is 0. The summed E-state index contributed by atoms with van der Waals surface area (Å²) < 4.78 is 31.9. The molecule has 1 fully saturated rings. The van der Waals surface area contributed by atoms with Gasteiger partial charge in [0.25, 0.3) is 0 Å². The van der Waals surface area contributed by atoms with Crippen LogP contribution in [0.2, 0.25) is 0 Å². The first-order valence-electron chi connectivity index (χ1n) is 8.16. The van der Waals surface area contributed by atoms with Gasteiger partial charge < -0.3 is 15.4 Å². The fourth-order valence-corrected chi connectivity index (χ4v) is 3.94. The number of ether oxygens (including phenoxy) is 1. The van der Waals surface area contributed by atoms with Gasteiger partial charge in [0.05, 0.1) is 5.69 Å². The second-order valence-corrected chi connectivity index (χ2v) is 7.08. The zero-order valence-corrected chi connectivity index (χ0v) is 14.7. The van der Waals surface area contributed by atoms with Crippen molar-refractivity contribution >= 4 is 28.8 Å². The molecule has 0 saturated carbocycles. The van der Waals surface area contributed by atoms with E-state index < -0.39 is 23.4 Å². The monoisotopic (exact) mass is 380 g/mol. The van der Waals surface area contributed by atoms with E-state index in [9.17, 15) is 18.4 Å². The van der Waals surface area contributed by atoms with E-state index in [1.165, 1.54) is 0 Å². The number of halogens is 2. The van der Waals surface area contributed by atoms with Crippen LogP contribution >= 0.6 is 11.3 Å². The van der Waals surface area contributed by atoms with Crippen molar-refractivity contribution in [3.63, 3.8) is 0 Å². The number of hydrogen-bond acceptors (Lipinski definition) is 4. The molecule has 0 radical (unpaired) electrons. The fraction of sp³-hybridized carbons (Fsp3) is 0.333. The van der Waals surface area contributed by atoms with Gasteiger partial charge in [-0.15, -0.1) is 11.3 Å². The topological polar surface area (TPSA) is 67.4 Å². The van der Waals surface area contributed by atoms with Gasteiger partial charge in [-0.3, -0.25) is 9.59 Å². The highest BCUT2D eigenvalue weighted by Gasteiger charge is 2.36. The molecular formula is C18H18F2N2O3S. The Balaban J connectivity index is 1.64. The average molecular weight is 380 g/mol. The standard InChI is InChI=1S/C18H18F2N2O3S/c19-12-3-4-14(13(20)10-12)22-17(24)16(23)21-11-18(5-7-25-8-6-18)15-2-1-9-26-15/h1-4,9-10H,5-8,11H2,(H,21,23)(H,22,24). The Bertz CT molecular complexity index is 790. The quantitative estimate of drug-likeness (QED) is 0.802. The lowest BCUT2D eigenvalue weighted by Crippen LogP contribution is -2.46. The number of thiophene rings is 1. The molecule has 1 aliphatic heterocycles. The third-order valence-electron chi connectivity index (χ3n) is 4.47. The van der Waals surface area contributed by atoms with Crippen molar-refractivity contribution in [2.45, 2.75) is 18.3 Å². The van der Waals surface area contributed by atoms with Crippen LogP contribution in [0, 0.1) is 11.6 Å². The van der Waals surface area contributed by atoms with Gasteiger partial charge in [-0.2, -0.15) is 0 Å². The summed E-state index contributed by atoms with van der Waals surface area (Å²) >= 11 is 1.60. The summed E-state index contributed by atoms with van der Waals surface area (Å²) in [5.41, 5.74) is -0.519. The van der Waals surface area contributed by atoms with Crippen LogP contribution in [0.5, 0.6) is 0 Å². The highest BCUT2D eigenvalue weighted by Crippen LogP contribution is 2.36. The molecule has 8 heteroatoms. The minimum absolute atomic E-state index is 0.245. The molecule has 0 atom stereocenters. The van der Waals surface area contributed by atoms with Crippen molar-refractivity contribution in [1.82, 2.24) is 5.32 Å². The van der Waals surface area contributed by atoms with Gasteiger partial charge in [-0.05, 0) is 36.4 Å². The number of anilines is 1. The first kappa shape index (κ1) is 18.5. The van der Waals surface area contributed by atoms with Gasteiger partial charge in [0.1, 0.15) is 11.6 Å². The summed E-state index contributed by atoms with van der Waals surface area (Å²) in [4.78, 5) is 25.3. The van der Waals surface area contributed by atoms with Crippen LogP contribution in [-0.2, 0) is 19.7 Å². The van der Waals surface area contributed by atoms with E-state index in [0.29, 0.717) is 19.3 Å². The zero-order chi connectivity index (χ0) is 18.6. The predicted molar refractivity (Wildman–Crippen MR) is 94.0 cm³/mol. The predicted octanol–water partition coefficient (Wildman–Crippen LogP) is 2.83. The molecule has 1 aliphatic rings. The van der Waals surface area contributed by atoms with E-state index in [1.807, 2.05) is 17.5 Å². The molecule has 2 heterocycles. The van der Waals surface area contributed by atoms with Crippen molar-refractivity contribution in [2.75, 3.05) is 25.1 Å². The number of carbonyl (C=O) groups excluding carboxylic acids is 2. The molecule has 0 bridgehead atoms. The first-order valence-corrected chi connectivity index (χ1v) is 9.04. The Morgan fingerprint density at radius 1 is 1.15 bits per heavy atom. The van der Waals surface area contributed by atoms with Crippen LogP contribution in [0.3, 0.4) is 0 Å². The van der Waals surface area contributed by atoms with Gasteiger partial charge in [-0.1, -0.05) is 6.07 Å². The molecule has 5 nitrogen and oxygen atoms in total. The van der Waals surface area contributed by atoms with Gasteiger partial charge in [0, 0.05) is 36.1 Å². The summed E-state index contributed by atoms with van der Waals surface area (Å²) in [6.45, 7) is 1.45. The highest BCUT2D eigenvalue weighted by molar-refractivity contribution is 7.10. The first-order chi connectivity index (χ1) is 12.5. The third-order valence-corrected chi connectivity index (χ3v) is 5.58. The number of rotatable bonds is 4. The smallest absolute Gasteiger partial charge is 0.313 e. The van der Waals surface area contributed by atoms with E-state index in [-0.39, 0.29) is 17.6 Å². The summed E-state index contributed by atoms with van der Waals surface area (Å²) in [5, 5.41) is 6.76. The zero-order valence-electron chi connectivity index (χ0n) is 13.9. The largest absolute Gasteiger partial charge is 0.381 e. The molecule has 2 N–H and O–H groups in total. The molecular weight excluding hydrogens is 362 g/mol. The lowest BCUT2D eigenvalue weighted by atomic mass is 9.78.